The molecule has 2 amide bonds. The summed E-state index contributed by atoms with van der Waals surface area (Å²) in [6.45, 7) is 4.26. The van der Waals surface area contributed by atoms with E-state index in [1.165, 1.54) is 12.1 Å². The second-order valence-corrected chi connectivity index (χ2v) is 9.55. The first-order chi connectivity index (χ1) is 16.1. The Kier molecular flexibility index (Phi) is 6.65. The molecule has 0 saturated carbocycles. The van der Waals surface area contributed by atoms with E-state index in [0.29, 0.717) is 34.4 Å². The number of halogens is 1. The fourth-order valence-electron chi connectivity index (χ4n) is 3.38. The zero-order chi connectivity index (χ0) is 24.5. The Balaban J connectivity index is 1.57. The summed E-state index contributed by atoms with van der Waals surface area (Å²) in [4.78, 5) is 29.3. The molecule has 1 aromatic carbocycles. The number of ether oxygens (including phenoxy) is 1. The second-order valence-electron chi connectivity index (χ2n) is 8.50. The first-order valence-electron chi connectivity index (χ1n) is 10.7. The Morgan fingerprint density at radius 2 is 2.06 bits per heavy atom. The zero-order valence-corrected chi connectivity index (χ0v) is 19.5. The number of pyridine rings is 1. The van der Waals surface area contributed by atoms with Crippen molar-refractivity contribution >= 4 is 34.0 Å². The van der Waals surface area contributed by atoms with Crippen LogP contribution in [0, 0.1) is 5.82 Å². The summed E-state index contributed by atoms with van der Waals surface area (Å²) in [6, 6.07) is 10.9. The third-order valence-electron chi connectivity index (χ3n) is 5.45. The highest BCUT2D eigenvalue weighted by Crippen LogP contribution is 2.38. The summed E-state index contributed by atoms with van der Waals surface area (Å²) < 4.78 is 20.1. The van der Waals surface area contributed by atoms with Gasteiger partial charge in [0.2, 0.25) is 0 Å². The van der Waals surface area contributed by atoms with E-state index in [-0.39, 0.29) is 28.8 Å². The fourth-order valence-corrected chi connectivity index (χ4v) is 4.48. The molecule has 2 aromatic heterocycles. The number of benzene rings is 1. The number of nitrogens with zero attached hydrogens (tertiary/aromatic N) is 1. The molecule has 1 aliphatic heterocycles. The van der Waals surface area contributed by atoms with Crippen molar-refractivity contribution in [3.05, 3.63) is 65.1 Å². The molecule has 0 bridgehead atoms. The predicted octanol–water partition coefficient (Wildman–Crippen LogP) is 3.54. The van der Waals surface area contributed by atoms with Crippen LogP contribution in [-0.4, -0.2) is 41.2 Å². The lowest BCUT2D eigenvalue weighted by atomic mass is 9.96. The van der Waals surface area contributed by atoms with Crippen LogP contribution in [0.15, 0.2) is 42.5 Å². The highest BCUT2D eigenvalue weighted by molar-refractivity contribution is 7.19. The van der Waals surface area contributed by atoms with Gasteiger partial charge in [-0.2, -0.15) is 0 Å². The summed E-state index contributed by atoms with van der Waals surface area (Å²) in [7, 11) is 0. The van der Waals surface area contributed by atoms with Gasteiger partial charge >= 0.3 is 0 Å². The molecule has 34 heavy (non-hydrogen) atoms. The van der Waals surface area contributed by atoms with Crippen molar-refractivity contribution in [1.82, 2.24) is 10.3 Å². The number of anilines is 2. The number of rotatable bonds is 8. The molecular weight excluding hydrogens is 459 g/mol. The van der Waals surface area contributed by atoms with E-state index in [1.807, 2.05) is 0 Å². The highest BCUT2D eigenvalue weighted by Gasteiger charge is 2.22. The van der Waals surface area contributed by atoms with Crippen LogP contribution in [0.3, 0.4) is 0 Å². The molecule has 0 spiro atoms. The summed E-state index contributed by atoms with van der Waals surface area (Å²) in [5, 5.41) is 16.3. The summed E-state index contributed by atoms with van der Waals surface area (Å²) >= 11 is 1.13. The van der Waals surface area contributed by atoms with Crippen LogP contribution < -0.4 is 16.4 Å². The number of amides is 2. The number of hydrogen-bond donors (Lipinski definition) is 4. The molecule has 1 fully saturated rings. The molecule has 10 heteroatoms. The Bertz CT molecular complexity index is 1230. The Morgan fingerprint density at radius 1 is 1.29 bits per heavy atom. The normalized spacial score (nSPS) is 15.5. The number of primary amides is 1. The molecule has 4 rings (SSSR count). The van der Waals surface area contributed by atoms with E-state index in [9.17, 15) is 19.1 Å². The van der Waals surface area contributed by atoms with Gasteiger partial charge < -0.3 is 26.2 Å². The number of carbonyl (C=O) groups excluding carboxylic acids is 2. The predicted molar refractivity (Wildman–Crippen MR) is 128 cm³/mol. The summed E-state index contributed by atoms with van der Waals surface area (Å²) in [5.41, 5.74) is 5.44. The van der Waals surface area contributed by atoms with Crippen LogP contribution in [-0.2, 0) is 10.3 Å². The van der Waals surface area contributed by atoms with Gasteiger partial charge in [0.25, 0.3) is 11.8 Å². The third kappa shape index (κ3) is 5.24. The fraction of sp³-hybridized carbons (Fsp3) is 0.292. The first kappa shape index (κ1) is 23.8. The van der Waals surface area contributed by atoms with E-state index in [4.69, 9.17) is 10.5 Å². The van der Waals surface area contributed by atoms with Crippen LogP contribution in [0.5, 0.6) is 0 Å². The molecule has 3 heterocycles. The van der Waals surface area contributed by atoms with E-state index in [0.717, 1.165) is 17.8 Å². The third-order valence-corrected chi connectivity index (χ3v) is 6.53. The Morgan fingerprint density at radius 3 is 2.68 bits per heavy atom. The first-order valence-corrected chi connectivity index (χ1v) is 11.5. The molecule has 1 unspecified atom stereocenters. The number of hydrogen-bond acceptors (Lipinski definition) is 7. The molecule has 5 N–H and O–H groups in total. The average molecular weight is 485 g/mol. The number of aliphatic hydroxyl groups is 1. The molecule has 3 aromatic rings. The molecular formula is C24H25FN4O4S. The molecule has 8 nitrogen and oxygen atoms in total. The number of nitrogens with one attached hydrogen (secondary N) is 2. The quantitative estimate of drug-likeness (QED) is 0.387. The Labute approximate surface area is 200 Å². The van der Waals surface area contributed by atoms with Gasteiger partial charge in [-0.15, -0.1) is 11.3 Å². The zero-order valence-electron chi connectivity index (χ0n) is 18.7. The van der Waals surface area contributed by atoms with Gasteiger partial charge in [0, 0.05) is 23.6 Å². The number of carbonyl (C=O) groups is 2. The smallest absolute Gasteiger partial charge is 0.270 e. The van der Waals surface area contributed by atoms with Gasteiger partial charge in [0.05, 0.1) is 17.3 Å². The molecule has 0 aliphatic carbocycles. The lowest BCUT2D eigenvalue weighted by Gasteiger charge is -2.26. The maximum Gasteiger partial charge on any atom is 0.270 e. The van der Waals surface area contributed by atoms with Gasteiger partial charge in [-0.25, -0.2) is 9.37 Å². The van der Waals surface area contributed by atoms with Crippen molar-refractivity contribution in [2.75, 3.05) is 18.5 Å². The van der Waals surface area contributed by atoms with Crippen LogP contribution in [0.4, 0.5) is 15.2 Å². The highest BCUT2D eigenvalue weighted by atomic mass is 32.1. The number of thiophene rings is 1. The molecule has 178 valence electrons. The van der Waals surface area contributed by atoms with Gasteiger partial charge in [-0.1, -0.05) is 18.2 Å². The Hall–Kier alpha value is -3.34. The largest absolute Gasteiger partial charge is 0.386 e. The maximum absolute atomic E-state index is 14.8. The van der Waals surface area contributed by atoms with E-state index in [1.54, 1.807) is 44.2 Å². The van der Waals surface area contributed by atoms with Gasteiger partial charge in [-0.3, -0.25) is 9.59 Å². The van der Waals surface area contributed by atoms with Gasteiger partial charge in [0.15, 0.2) is 0 Å². The van der Waals surface area contributed by atoms with Crippen LogP contribution in [0.25, 0.3) is 10.4 Å². The maximum atomic E-state index is 14.8. The van der Waals surface area contributed by atoms with Crippen molar-refractivity contribution in [1.29, 1.82) is 0 Å². The van der Waals surface area contributed by atoms with Crippen molar-refractivity contribution < 1.29 is 23.8 Å². The molecule has 0 radical (unpaired) electrons. The second kappa shape index (κ2) is 9.49. The van der Waals surface area contributed by atoms with Gasteiger partial charge in [0.1, 0.15) is 22.3 Å². The minimum atomic E-state index is -1.19. The van der Waals surface area contributed by atoms with Crippen LogP contribution >= 0.6 is 11.3 Å². The standard InChI is InChI=1S/C24H25FN4O4S/c1-24(2,32)13-6-7-15(17(25)10-13)19-11-16(21(26)30)23(34-19)29-20-5-3-4-18(28-20)22(31)27-12-14-8-9-33-14/h3-7,10-11,14,32H,8-9,12H2,1-2H3,(H2,26,30)(H,27,31)(H,28,29). The monoisotopic (exact) mass is 484 g/mol. The summed E-state index contributed by atoms with van der Waals surface area (Å²) in [5.74, 6) is -1.22. The summed E-state index contributed by atoms with van der Waals surface area (Å²) in [6.07, 6.45) is 0.943. The molecule has 1 saturated heterocycles. The minimum Gasteiger partial charge on any atom is -0.386 e. The number of nitrogens with two attached hydrogens (primary N) is 1. The molecule has 1 atom stereocenters. The van der Waals surface area contributed by atoms with Crippen molar-refractivity contribution in [3.8, 4) is 10.4 Å². The lowest BCUT2D eigenvalue weighted by molar-refractivity contribution is -0.0473. The SMILES string of the molecule is CC(C)(O)c1ccc(-c2cc(C(N)=O)c(Nc3cccc(C(=O)NCC4CCO4)n3)s2)c(F)c1. The van der Waals surface area contributed by atoms with Crippen molar-refractivity contribution in [2.24, 2.45) is 5.73 Å². The minimum absolute atomic E-state index is 0.0332. The van der Waals surface area contributed by atoms with Crippen LogP contribution in [0.1, 0.15) is 46.7 Å². The van der Waals surface area contributed by atoms with E-state index >= 15 is 0 Å². The van der Waals surface area contributed by atoms with E-state index in [2.05, 4.69) is 15.6 Å². The van der Waals surface area contributed by atoms with Crippen LogP contribution in [0.2, 0.25) is 0 Å². The van der Waals surface area contributed by atoms with E-state index < -0.39 is 17.3 Å². The van der Waals surface area contributed by atoms with Crippen molar-refractivity contribution in [2.45, 2.75) is 32.0 Å². The molecule has 1 aliphatic rings. The van der Waals surface area contributed by atoms with Crippen molar-refractivity contribution in [3.63, 3.8) is 0 Å². The topological polar surface area (TPSA) is 127 Å². The number of aromatic nitrogens is 1. The van der Waals surface area contributed by atoms with Gasteiger partial charge in [-0.05, 0) is 50.1 Å². The average Bonchev–Trinajstić information content (AvgIpc) is 3.15. The lowest BCUT2D eigenvalue weighted by Crippen LogP contribution is -2.39.